The number of aromatic nitrogens is 1. The molecular formula is C25H26N2O4S. The number of likely N-dealkylation sites (tertiary alicyclic amines) is 1. The fourth-order valence-electron chi connectivity index (χ4n) is 4.46. The van der Waals surface area contributed by atoms with Crippen LogP contribution in [0.15, 0.2) is 65.7 Å². The highest BCUT2D eigenvalue weighted by Crippen LogP contribution is 2.38. The van der Waals surface area contributed by atoms with E-state index in [1.807, 2.05) is 18.3 Å². The van der Waals surface area contributed by atoms with Gasteiger partial charge in [-0.25, -0.2) is 8.42 Å². The Labute approximate surface area is 188 Å². The third kappa shape index (κ3) is 4.36. The van der Waals surface area contributed by atoms with Crippen LogP contribution in [0.1, 0.15) is 30.0 Å². The molecule has 1 atom stereocenters. The Morgan fingerprint density at radius 3 is 2.50 bits per heavy atom. The minimum Gasteiger partial charge on any atom is -0.486 e. The van der Waals surface area contributed by atoms with E-state index in [4.69, 9.17) is 9.47 Å². The van der Waals surface area contributed by atoms with Gasteiger partial charge in [0.1, 0.15) is 13.2 Å². The van der Waals surface area contributed by atoms with Crippen molar-refractivity contribution in [2.45, 2.75) is 30.3 Å². The van der Waals surface area contributed by atoms with Gasteiger partial charge >= 0.3 is 0 Å². The Bertz CT molecular complexity index is 1210. The Kier molecular flexibility index (Phi) is 5.61. The third-order valence-corrected chi connectivity index (χ3v) is 7.23. The number of hydrogen-bond acceptors (Lipinski definition) is 6. The fourth-order valence-corrected chi connectivity index (χ4v) is 5.09. The third-order valence-electron chi connectivity index (χ3n) is 6.10. The number of hydrogen-bond donors (Lipinski definition) is 0. The fraction of sp³-hybridized carbons (Fsp3) is 0.320. The number of nitrogens with zero attached hydrogens (tertiary/aromatic N) is 2. The van der Waals surface area contributed by atoms with Crippen LogP contribution in [0.4, 0.5) is 0 Å². The highest BCUT2D eigenvalue weighted by molar-refractivity contribution is 7.90. The molecule has 0 unspecified atom stereocenters. The highest BCUT2D eigenvalue weighted by atomic mass is 32.2. The topological polar surface area (TPSA) is 68.7 Å². The molecule has 2 aliphatic heterocycles. The maximum Gasteiger partial charge on any atom is 0.175 e. The Hall–Kier alpha value is -2.90. The first-order valence-corrected chi connectivity index (χ1v) is 12.8. The normalized spacial score (nSPS) is 18.6. The number of benzene rings is 2. The van der Waals surface area contributed by atoms with Crippen molar-refractivity contribution in [2.75, 3.05) is 26.0 Å². The van der Waals surface area contributed by atoms with Gasteiger partial charge in [-0.05, 0) is 60.8 Å². The lowest BCUT2D eigenvalue weighted by molar-refractivity contribution is 0.170. The first-order valence-electron chi connectivity index (χ1n) is 10.9. The van der Waals surface area contributed by atoms with Crippen molar-refractivity contribution in [2.24, 2.45) is 0 Å². The van der Waals surface area contributed by atoms with E-state index in [0.717, 1.165) is 54.3 Å². The van der Waals surface area contributed by atoms with E-state index in [9.17, 15) is 8.42 Å². The summed E-state index contributed by atoms with van der Waals surface area (Å²) in [7, 11) is -3.20. The minimum absolute atomic E-state index is 0.317. The molecule has 0 N–H and O–H groups in total. The van der Waals surface area contributed by atoms with Crippen molar-refractivity contribution in [1.82, 2.24) is 9.88 Å². The van der Waals surface area contributed by atoms with Crippen LogP contribution >= 0.6 is 0 Å². The lowest BCUT2D eigenvalue weighted by atomic mass is 10.0. The second kappa shape index (κ2) is 8.56. The molecule has 0 bridgehead atoms. The zero-order valence-corrected chi connectivity index (χ0v) is 18.8. The van der Waals surface area contributed by atoms with Crippen LogP contribution in [0.3, 0.4) is 0 Å². The van der Waals surface area contributed by atoms with Crippen molar-refractivity contribution in [3.63, 3.8) is 0 Å². The summed E-state index contributed by atoms with van der Waals surface area (Å²) in [5.41, 5.74) is 4.16. The largest absolute Gasteiger partial charge is 0.486 e. The molecule has 3 heterocycles. The van der Waals surface area contributed by atoms with Gasteiger partial charge in [-0.3, -0.25) is 9.88 Å². The van der Waals surface area contributed by atoms with Gasteiger partial charge in [-0.15, -0.1) is 0 Å². The van der Waals surface area contributed by atoms with Crippen molar-refractivity contribution < 1.29 is 17.9 Å². The van der Waals surface area contributed by atoms with E-state index in [2.05, 4.69) is 28.1 Å². The highest BCUT2D eigenvalue weighted by Gasteiger charge is 2.27. The number of rotatable bonds is 5. The molecule has 0 amide bonds. The number of sulfone groups is 1. The summed E-state index contributed by atoms with van der Waals surface area (Å²) < 4.78 is 34.7. The molecule has 0 saturated carbocycles. The van der Waals surface area contributed by atoms with E-state index in [1.165, 1.54) is 11.8 Å². The Morgan fingerprint density at radius 1 is 1.00 bits per heavy atom. The summed E-state index contributed by atoms with van der Waals surface area (Å²) in [6.45, 7) is 3.08. The van der Waals surface area contributed by atoms with E-state index >= 15 is 0 Å². The standard InChI is InChI=1S/C25H26N2O4S/c1-32(28,29)21-8-5-19(6-9-21)22-10-4-18(16-26-22)17-27-12-2-3-23(27)20-7-11-24-25(15-20)31-14-13-30-24/h4-11,15-16,23H,2-3,12-14,17H2,1H3/t23-/m0/s1. The van der Waals surface area contributed by atoms with Gasteiger partial charge in [0.15, 0.2) is 21.3 Å². The quantitative estimate of drug-likeness (QED) is 0.579. The summed E-state index contributed by atoms with van der Waals surface area (Å²) in [5, 5.41) is 0. The molecule has 7 heteroatoms. The van der Waals surface area contributed by atoms with E-state index in [-0.39, 0.29) is 0 Å². The number of ether oxygens (including phenoxy) is 2. The van der Waals surface area contributed by atoms with Crippen LogP contribution in [0.25, 0.3) is 11.3 Å². The summed E-state index contributed by atoms with van der Waals surface area (Å²) >= 11 is 0. The van der Waals surface area contributed by atoms with Gasteiger partial charge < -0.3 is 9.47 Å². The average Bonchev–Trinajstić information content (AvgIpc) is 3.27. The number of pyridine rings is 1. The Balaban J connectivity index is 1.30. The molecule has 0 spiro atoms. The Morgan fingerprint density at radius 2 is 1.78 bits per heavy atom. The first-order chi connectivity index (χ1) is 15.5. The molecule has 32 heavy (non-hydrogen) atoms. The van der Waals surface area contributed by atoms with E-state index in [0.29, 0.717) is 24.2 Å². The van der Waals surface area contributed by atoms with Gasteiger partial charge in [0.2, 0.25) is 0 Å². The average molecular weight is 451 g/mol. The SMILES string of the molecule is CS(=O)(=O)c1ccc(-c2ccc(CN3CCC[C@H]3c3ccc4c(c3)OCCO4)cn2)cc1. The molecule has 2 aromatic carbocycles. The summed E-state index contributed by atoms with van der Waals surface area (Å²) in [4.78, 5) is 7.43. The summed E-state index contributed by atoms with van der Waals surface area (Å²) in [6.07, 6.45) is 5.42. The molecule has 6 nitrogen and oxygen atoms in total. The molecule has 2 aliphatic rings. The van der Waals surface area contributed by atoms with Crippen molar-refractivity contribution >= 4 is 9.84 Å². The predicted molar refractivity (Wildman–Crippen MR) is 123 cm³/mol. The second-order valence-corrected chi connectivity index (χ2v) is 10.4. The maximum absolute atomic E-state index is 11.7. The molecule has 166 valence electrons. The van der Waals surface area contributed by atoms with Crippen molar-refractivity contribution in [1.29, 1.82) is 0 Å². The van der Waals surface area contributed by atoms with E-state index < -0.39 is 9.84 Å². The molecular weight excluding hydrogens is 424 g/mol. The minimum atomic E-state index is -3.20. The predicted octanol–water partition coefficient (Wildman–Crippen LogP) is 4.26. The summed E-state index contributed by atoms with van der Waals surface area (Å²) in [5.74, 6) is 1.67. The molecule has 3 aromatic rings. The molecule has 1 fully saturated rings. The number of fused-ring (bicyclic) bond motifs is 1. The molecule has 1 saturated heterocycles. The van der Waals surface area contributed by atoms with Gasteiger partial charge in [0, 0.05) is 30.6 Å². The van der Waals surface area contributed by atoms with Crippen LogP contribution in [0.2, 0.25) is 0 Å². The van der Waals surface area contributed by atoms with Gasteiger partial charge in [-0.2, -0.15) is 0 Å². The zero-order chi connectivity index (χ0) is 22.1. The lowest BCUT2D eigenvalue weighted by Crippen LogP contribution is -2.23. The lowest BCUT2D eigenvalue weighted by Gasteiger charge is -2.26. The van der Waals surface area contributed by atoms with Crippen LogP contribution < -0.4 is 9.47 Å². The molecule has 0 radical (unpaired) electrons. The van der Waals surface area contributed by atoms with Gasteiger partial charge in [0.25, 0.3) is 0 Å². The van der Waals surface area contributed by atoms with Gasteiger partial charge in [-0.1, -0.05) is 24.3 Å². The molecule has 5 rings (SSSR count). The smallest absolute Gasteiger partial charge is 0.175 e. The second-order valence-electron chi connectivity index (χ2n) is 8.38. The first kappa shape index (κ1) is 21.0. The molecule has 1 aromatic heterocycles. The van der Waals surface area contributed by atoms with Crippen LogP contribution in [-0.4, -0.2) is 44.3 Å². The van der Waals surface area contributed by atoms with Crippen LogP contribution in [-0.2, 0) is 16.4 Å². The summed E-state index contributed by atoms with van der Waals surface area (Å²) in [6, 6.07) is 17.6. The van der Waals surface area contributed by atoms with Crippen LogP contribution in [0.5, 0.6) is 11.5 Å². The molecule has 0 aliphatic carbocycles. The van der Waals surface area contributed by atoms with E-state index in [1.54, 1.807) is 24.3 Å². The van der Waals surface area contributed by atoms with Gasteiger partial charge in [0.05, 0.1) is 10.6 Å². The van der Waals surface area contributed by atoms with Crippen LogP contribution in [0, 0.1) is 0 Å². The maximum atomic E-state index is 11.7. The zero-order valence-electron chi connectivity index (χ0n) is 18.0. The monoisotopic (exact) mass is 450 g/mol. The van der Waals surface area contributed by atoms with Crippen molar-refractivity contribution in [3.8, 4) is 22.8 Å². The van der Waals surface area contributed by atoms with Crippen molar-refractivity contribution in [3.05, 3.63) is 71.9 Å².